The number of benzene rings is 1. The van der Waals surface area contributed by atoms with E-state index in [-0.39, 0.29) is 10.5 Å². The lowest BCUT2D eigenvalue weighted by molar-refractivity contribution is 0.0696. The Morgan fingerprint density at radius 3 is 2.62 bits per heavy atom. The van der Waals surface area contributed by atoms with Gasteiger partial charge in [-0.3, -0.25) is 0 Å². The lowest BCUT2D eigenvalue weighted by Gasteiger charge is -2.30. The average Bonchev–Trinajstić information content (AvgIpc) is 2.59. The molecule has 0 aliphatic carbocycles. The maximum absolute atomic E-state index is 12.7. The summed E-state index contributed by atoms with van der Waals surface area (Å²) in [4.78, 5) is 13.1. The van der Waals surface area contributed by atoms with Gasteiger partial charge in [0.15, 0.2) is 0 Å². The van der Waals surface area contributed by atoms with Crippen LogP contribution >= 0.6 is 0 Å². The van der Waals surface area contributed by atoms with Gasteiger partial charge in [0.1, 0.15) is 4.90 Å². The van der Waals surface area contributed by atoms with Crippen LogP contribution in [0.1, 0.15) is 36.5 Å². The van der Waals surface area contributed by atoms with Crippen LogP contribution < -0.4 is 9.62 Å². The minimum absolute atomic E-state index is 0.0146. The fourth-order valence-corrected chi connectivity index (χ4v) is 3.91. The molecule has 0 atom stereocenters. The average molecular weight is 356 g/mol. The third kappa shape index (κ3) is 4.68. The molecule has 1 saturated heterocycles. The number of nitrogens with zero attached hydrogens (tertiary/aromatic N) is 1. The second kappa shape index (κ2) is 8.46. The molecule has 1 aromatic rings. The molecule has 134 valence electrons. The zero-order valence-electron chi connectivity index (χ0n) is 13.8. The van der Waals surface area contributed by atoms with Crippen molar-refractivity contribution < 1.29 is 23.1 Å². The van der Waals surface area contributed by atoms with E-state index in [4.69, 9.17) is 4.74 Å². The van der Waals surface area contributed by atoms with Gasteiger partial charge in [-0.15, -0.1) is 0 Å². The number of carboxylic acids is 1. The van der Waals surface area contributed by atoms with E-state index >= 15 is 0 Å². The van der Waals surface area contributed by atoms with Gasteiger partial charge in [0.05, 0.1) is 24.5 Å². The van der Waals surface area contributed by atoms with Crippen molar-refractivity contribution in [2.24, 2.45) is 0 Å². The minimum Gasteiger partial charge on any atom is -0.478 e. The molecule has 0 bridgehead atoms. The third-order valence-electron chi connectivity index (χ3n) is 3.92. The Labute approximate surface area is 142 Å². The van der Waals surface area contributed by atoms with Crippen LogP contribution in [-0.4, -0.2) is 52.3 Å². The van der Waals surface area contributed by atoms with Crippen LogP contribution in [0.25, 0.3) is 0 Å². The molecule has 7 nitrogen and oxygen atoms in total. The summed E-state index contributed by atoms with van der Waals surface area (Å²) >= 11 is 0. The van der Waals surface area contributed by atoms with Gasteiger partial charge in [-0.05, 0) is 24.6 Å². The molecule has 1 aliphatic heterocycles. The molecule has 0 amide bonds. The van der Waals surface area contributed by atoms with E-state index in [0.717, 1.165) is 19.3 Å². The molecule has 1 fully saturated rings. The number of carboxylic acid groups (broad SMARTS) is 1. The first-order valence-corrected chi connectivity index (χ1v) is 9.63. The second-order valence-electron chi connectivity index (χ2n) is 5.69. The Morgan fingerprint density at radius 2 is 2.00 bits per heavy atom. The number of nitrogens with one attached hydrogen (secondary N) is 1. The summed E-state index contributed by atoms with van der Waals surface area (Å²) in [6.07, 6.45) is 2.69. The lowest BCUT2D eigenvalue weighted by Crippen LogP contribution is -2.38. The van der Waals surface area contributed by atoms with Crippen LogP contribution in [0, 0.1) is 0 Å². The molecule has 1 heterocycles. The Hall–Kier alpha value is -1.64. The predicted molar refractivity (Wildman–Crippen MR) is 91.1 cm³/mol. The minimum atomic E-state index is -3.77. The summed E-state index contributed by atoms with van der Waals surface area (Å²) in [5, 5.41) is 9.17. The molecule has 0 unspecified atom stereocenters. The van der Waals surface area contributed by atoms with E-state index in [9.17, 15) is 18.3 Å². The van der Waals surface area contributed by atoms with Gasteiger partial charge in [0.2, 0.25) is 10.0 Å². The van der Waals surface area contributed by atoms with Crippen molar-refractivity contribution in [3.05, 3.63) is 23.8 Å². The third-order valence-corrected chi connectivity index (χ3v) is 5.41. The molecular formula is C16H24N2O5S. The number of morpholine rings is 1. The number of ether oxygens (including phenoxy) is 1. The largest absolute Gasteiger partial charge is 0.478 e. The highest BCUT2D eigenvalue weighted by Gasteiger charge is 2.24. The van der Waals surface area contributed by atoms with E-state index < -0.39 is 16.0 Å². The van der Waals surface area contributed by atoms with E-state index in [0.29, 0.717) is 38.5 Å². The first-order chi connectivity index (χ1) is 11.5. The van der Waals surface area contributed by atoms with Crippen molar-refractivity contribution in [1.82, 2.24) is 4.72 Å². The Kier molecular flexibility index (Phi) is 6.59. The Morgan fingerprint density at radius 1 is 1.29 bits per heavy atom. The summed E-state index contributed by atoms with van der Waals surface area (Å²) in [6, 6.07) is 4.23. The number of sulfonamides is 1. The van der Waals surface area contributed by atoms with Gasteiger partial charge < -0.3 is 14.7 Å². The van der Waals surface area contributed by atoms with Crippen LogP contribution in [0.3, 0.4) is 0 Å². The predicted octanol–water partition coefficient (Wildman–Crippen LogP) is 1.69. The zero-order valence-corrected chi connectivity index (χ0v) is 14.6. The number of carbonyl (C=O) groups is 1. The zero-order chi connectivity index (χ0) is 17.6. The molecule has 1 aromatic carbocycles. The fraction of sp³-hybridized carbons (Fsp3) is 0.562. The topological polar surface area (TPSA) is 95.9 Å². The maximum Gasteiger partial charge on any atom is 0.335 e. The van der Waals surface area contributed by atoms with Gasteiger partial charge in [-0.2, -0.15) is 0 Å². The number of hydrogen-bond acceptors (Lipinski definition) is 5. The smallest absolute Gasteiger partial charge is 0.335 e. The van der Waals surface area contributed by atoms with Crippen molar-refractivity contribution in [2.45, 2.75) is 31.1 Å². The fourth-order valence-electron chi connectivity index (χ4n) is 2.59. The van der Waals surface area contributed by atoms with Crippen molar-refractivity contribution in [1.29, 1.82) is 0 Å². The first kappa shape index (κ1) is 18.7. The summed E-state index contributed by atoms with van der Waals surface area (Å²) < 4.78 is 33.2. The summed E-state index contributed by atoms with van der Waals surface area (Å²) in [6.45, 7) is 4.57. The monoisotopic (exact) mass is 356 g/mol. The molecule has 0 aromatic heterocycles. The van der Waals surface area contributed by atoms with E-state index in [1.165, 1.54) is 12.1 Å². The van der Waals surface area contributed by atoms with E-state index in [1.54, 1.807) is 6.07 Å². The van der Waals surface area contributed by atoms with Crippen molar-refractivity contribution in [3.63, 3.8) is 0 Å². The first-order valence-electron chi connectivity index (χ1n) is 8.15. The molecule has 1 aliphatic rings. The Balaban J connectivity index is 2.32. The molecule has 8 heteroatoms. The molecular weight excluding hydrogens is 332 g/mol. The van der Waals surface area contributed by atoms with Gasteiger partial charge in [-0.1, -0.05) is 19.8 Å². The van der Waals surface area contributed by atoms with Crippen molar-refractivity contribution in [3.8, 4) is 0 Å². The van der Waals surface area contributed by atoms with Crippen molar-refractivity contribution >= 4 is 21.7 Å². The molecule has 0 radical (unpaired) electrons. The van der Waals surface area contributed by atoms with Crippen LogP contribution in [-0.2, 0) is 14.8 Å². The van der Waals surface area contributed by atoms with Gasteiger partial charge >= 0.3 is 5.97 Å². The lowest BCUT2D eigenvalue weighted by atomic mass is 10.2. The molecule has 0 saturated carbocycles. The van der Waals surface area contributed by atoms with Crippen LogP contribution in [0.15, 0.2) is 23.1 Å². The van der Waals surface area contributed by atoms with E-state index in [1.807, 2.05) is 11.8 Å². The maximum atomic E-state index is 12.7. The SMILES string of the molecule is CCCCCNS(=O)(=O)c1cc(C(=O)O)ccc1N1CCOCC1. The molecule has 2 rings (SSSR count). The van der Waals surface area contributed by atoms with Crippen molar-refractivity contribution in [2.75, 3.05) is 37.7 Å². The highest BCUT2D eigenvalue weighted by atomic mass is 32.2. The normalized spacial score (nSPS) is 15.5. The van der Waals surface area contributed by atoms with Crippen LogP contribution in [0.2, 0.25) is 0 Å². The van der Waals surface area contributed by atoms with Crippen LogP contribution in [0.5, 0.6) is 0 Å². The van der Waals surface area contributed by atoms with Gasteiger partial charge in [0.25, 0.3) is 0 Å². The van der Waals surface area contributed by atoms with Gasteiger partial charge in [-0.25, -0.2) is 17.9 Å². The van der Waals surface area contributed by atoms with E-state index in [2.05, 4.69) is 4.72 Å². The second-order valence-corrected chi connectivity index (χ2v) is 7.43. The standard InChI is InChI=1S/C16H24N2O5S/c1-2-3-4-7-17-24(21,22)15-12-13(16(19)20)5-6-14(15)18-8-10-23-11-9-18/h5-6,12,17H,2-4,7-11H2,1H3,(H,19,20). The number of rotatable bonds is 8. The highest BCUT2D eigenvalue weighted by Crippen LogP contribution is 2.27. The number of aromatic carboxylic acids is 1. The summed E-state index contributed by atoms with van der Waals surface area (Å²) in [5.74, 6) is -1.15. The summed E-state index contributed by atoms with van der Waals surface area (Å²) in [7, 11) is -3.77. The highest BCUT2D eigenvalue weighted by molar-refractivity contribution is 7.89. The molecule has 0 spiro atoms. The molecule has 24 heavy (non-hydrogen) atoms. The van der Waals surface area contributed by atoms with Gasteiger partial charge in [0, 0.05) is 19.6 Å². The number of hydrogen-bond donors (Lipinski definition) is 2. The van der Waals surface area contributed by atoms with Crippen LogP contribution in [0.4, 0.5) is 5.69 Å². The quantitative estimate of drug-likeness (QED) is 0.688. The molecule has 2 N–H and O–H groups in total. The number of anilines is 1. The summed E-state index contributed by atoms with van der Waals surface area (Å²) in [5.41, 5.74) is 0.479. The Bertz CT molecular complexity index is 669. The number of unbranched alkanes of at least 4 members (excludes halogenated alkanes) is 2.